The van der Waals surface area contributed by atoms with Gasteiger partial charge >= 0.3 is 0 Å². The molecule has 2 aromatic rings. The summed E-state index contributed by atoms with van der Waals surface area (Å²) in [4.78, 5) is 0.136. The Bertz CT molecular complexity index is 694. The van der Waals surface area contributed by atoms with Crippen LogP contribution in [0.15, 0.2) is 47.4 Å². The minimum atomic E-state index is -3.70. The van der Waals surface area contributed by atoms with Crippen molar-refractivity contribution in [1.82, 2.24) is 0 Å². The molecular weight excluding hydrogens is 282 g/mol. The molecule has 0 radical (unpaired) electrons. The molecule has 0 amide bonds. The van der Waals surface area contributed by atoms with Crippen molar-refractivity contribution in [2.75, 3.05) is 0 Å². The van der Waals surface area contributed by atoms with Crippen molar-refractivity contribution in [3.8, 4) is 0 Å². The average Bonchev–Trinajstić information content (AvgIpc) is 2.33. The van der Waals surface area contributed by atoms with Crippen LogP contribution in [-0.4, -0.2) is 8.42 Å². The maximum absolute atomic E-state index is 12.1. The van der Waals surface area contributed by atoms with Gasteiger partial charge in [0.25, 0.3) is 0 Å². The summed E-state index contributed by atoms with van der Waals surface area (Å²) in [5, 5.41) is 0.491. The molecule has 2 rings (SSSR count). The van der Waals surface area contributed by atoms with Crippen LogP contribution >= 0.6 is 11.6 Å². The Labute approximate surface area is 118 Å². The second-order valence-electron chi connectivity index (χ2n) is 4.31. The first-order valence-electron chi connectivity index (χ1n) is 5.69. The molecule has 0 bridgehead atoms. The van der Waals surface area contributed by atoms with E-state index < -0.39 is 10.0 Å². The van der Waals surface area contributed by atoms with Crippen molar-refractivity contribution in [2.24, 2.45) is 0 Å². The smallest absolute Gasteiger partial charge is 0.123 e. The van der Waals surface area contributed by atoms with E-state index in [0.29, 0.717) is 10.7 Å². The molecule has 0 aliphatic rings. The molecule has 2 aromatic carbocycles. The summed E-state index contributed by atoms with van der Waals surface area (Å²) in [5.74, 6) is 0. The second kappa shape index (κ2) is 5.23. The molecule has 0 aromatic heterocycles. The second-order valence-corrected chi connectivity index (χ2v) is 6.35. The van der Waals surface area contributed by atoms with E-state index >= 15 is 0 Å². The Balaban J connectivity index is 2.33. The van der Waals surface area contributed by atoms with Gasteiger partial charge in [-0.05, 0) is 38.1 Å². The zero-order chi connectivity index (χ0) is 14.0. The molecule has 100 valence electrons. The van der Waals surface area contributed by atoms with Crippen molar-refractivity contribution in [3.05, 3.63) is 63.3 Å². The summed E-state index contributed by atoms with van der Waals surface area (Å²) in [6.45, 7) is 3.79. The third-order valence-electron chi connectivity index (χ3n) is 2.68. The van der Waals surface area contributed by atoms with E-state index in [1.807, 2.05) is 26.0 Å². The first-order valence-corrected chi connectivity index (χ1v) is 7.51. The van der Waals surface area contributed by atoms with Crippen LogP contribution in [0, 0.1) is 13.8 Å². The summed E-state index contributed by atoms with van der Waals surface area (Å²) in [5.41, 5.74) is 2.36. The molecule has 5 heteroatoms. The number of benzene rings is 2. The van der Waals surface area contributed by atoms with E-state index in [0.717, 1.165) is 11.1 Å². The van der Waals surface area contributed by atoms with Gasteiger partial charge in [0.2, 0.25) is 0 Å². The predicted octanol–water partition coefficient (Wildman–Crippen LogP) is 4.35. The summed E-state index contributed by atoms with van der Waals surface area (Å²) in [7, 11) is -3.70. The van der Waals surface area contributed by atoms with Crippen LogP contribution in [0.25, 0.3) is 4.72 Å². The maximum Gasteiger partial charge on any atom is 0.123 e. The molecule has 0 aliphatic carbocycles. The van der Waals surface area contributed by atoms with Crippen LogP contribution in [-0.2, 0) is 10.0 Å². The number of aryl methyl sites for hydroxylation is 2. The quantitative estimate of drug-likeness (QED) is 0.845. The lowest BCUT2D eigenvalue weighted by Crippen LogP contribution is -1.98. The van der Waals surface area contributed by atoms with Crippen LogP contribution < -0.4 is 0 Å². The topological polar surface area (TPSA) is 48.2 Å². The Morgan fingerprint density at radius 3 is 2.21 bits per heavy atom. The SMILES string of the molecule is Cc1ccc([N-]S(=O)(=O)c2ccc(Cl)cc2)c(C)c1. The van der Waals surface area contributed by atoms with Gasteiger partial charge in [-0.15, -0.1) is 5.69 Å². The Kier molecular flexibility index (Phi) is 3.83. The highest BCUT2D eigenvalue weighted by Crippen LogP contribution is 2.31. The summed E-state index contributed by atoms with van der Waals surface area (Å²) in [6.07, 6.45) is 0. The minimum Gasteiger partial charge on any atom is -0.572 e. The van der Waals surface area contributed by atoms with Crippen molar-refractivity contribution in [3.63, 3.8) is 0 Å². The predicted molar refractivity (Wildman–Crippen MR) is 77.6 cm³/mol. The van der Waals surface area contributed by atoms with Crippen LogP contribution in [0.3, 0.4) is 0 Å². The van der Waals surface area contributed by atoms with Crippen molar-refractivity contribution in [1.29, 1.82) is 0 Å². The van der Waals surface area contributed by atoms with Crippen molar-refractivity contribution < 1.29 is 8.42 Å². The van der Waals surface area contributed by atoms with Crippen LogP contribution in [0.4, 0.5) is 5.69 Å². The molecule has 3 nitrogen and oxygen atoms in total. The molecule has 19 heavy (non-hydrogen) atoms. The third kappa shape index (κ3) is 3.28. The number of rotatable bonds is 3. The van der Waals surface area contributed by atoms with Crippen molar-refractivity contribution in [2.45, 2.75) is 18.7 Å². The number of sulfonamides is 1. The molecule has 0 spiro atoms. The monoisotopic (exact) mass is 294 g/mol. The molecule has 0 N–H and O–H groups in total. The fourth-order valence-electron chi connectivity index (χ4n) is 1.70. The van der Waals surface area contributed by atoms with Gasteiger partial charge in [-0.1, -0.05) is 40.9 Å². The molecule has 0 heterocycles. The van der Waals surface area contributed by atoms with Crippen LogP contribution in [0.1, 0.15) is 11.1 Å². The van der Waals surface area contributed by atoms with Gasteiger partial charge < -0.3 is 4.72 Å². The van der Waals surface area contributed by atoms with Gasteiger partial charge in [-0.3, -0.25) is 0 Å². The van der Waals surface area contributed by atoms with Gasteiger partial charge in [0.15, 0.2) is 0 Å². The van der Waals surface area contributed by atoms with E-state index in [1.54, 1.807) is 6.07 Å². The van der Waals surface area contributed by atoms with Crippen molar-refractivity contribution >= 4 is 27.3 Å². The summed E-state index contributed by atoms with van der Waals surface area (Å²) >= 11 is 5.74. The number of hydrogen-bond donors (Lipinski definition) is 0. The summed E-state index contributed by atoms with van der Waals surface area (Å²) < 4.78 is 28.1. The zero-order valence-electron chi connectivity index (χ0n) is 10.6. The number of hydrogen-bond acceptors (Lipinski definition) is 2. The first-order chi connectivity index (χ1) is 8.88. The Hall–Kier alpha value is -1.52. The van der Waals surface area contributed by atoms with Gasteiger partial charge in [-0.2, -0.15) is 0 Å². The van der Waals surface area contributed by atoms with E-state index in [-0.39, 0.29) is 4.90 Å². The summed E-state index contributed by atoms with van der Waals surface area (Å²) in [6, 6.07) is 11.4. The molecule has 0 aliphatic heterocycles. The van der Waals surface area contributed by atoms with Gasteiger partial charge in [0.1, 0.15) is 10.0 Å². The standard InChI is InChI=1S/C14H13ClNO2S/c1-10-3-8-14(11(2)9-10)16-19(17,18)13-6-4-12(15)5-7-13/h3-9H,1-2H3/q-1. The molecule has 0 saturated heterocycles. The fraction of sp³-hybridized carbons (Fsp3) is 0.143. The van der Waals surface area contributed by atoms with E-state index in [1.165, 1.54) is 24.3 Å². The highest BCUT2D eigenvalue weighted by molar-refractivity contribution is 7.94. The van der Waals surface area contributed by atoms with Crippen LogP contribution in [0.2, 0.25) is 5.02 Å². The molecule has 0 unspecified atom stereocenters. The molecular formula is C14H13ClNO2S-. The number of nitrogens with zero attached hydrogens (tertiary/aromatic N) is 1. The van der Waals surface area contributed by atoms with E-state index in [9.17, 15) is 8.42 Å². The van der Waals surface area contributed by atoms with Gasteiger partial charge in [0.05, 0.1) is 4.90 Å². The highest BCUT2D eigenvalue weighted by atomic mass is 35.5. The van der Waals surface area contributed by atoms with E-state index in [4.69, 9.17) is 11.6 Å². The lowest BCUT2D eigenvalue weighted by molar-refractivity contribution is 0.603. The largest absolute Gasteiger partial charge is 0.572 e. The lowest BCUT2D eigenvalue weighted by Gasteiger charge is -2.24. The Morgan fingerprint density at radius 1 is 1.00 bits per heavy atom. The lowest BCUT2D eigenvalue weighted by atomic mass is 10.1. The molecule has 0 atom stereocenters. The normalized spacial score (nSPS) is 11.3. The average molecular weight is 295 g/mol. The van der Waals surface area contributed by atoms with Gasteiger partial charge in [-0.25, -0.2) is 8.42 Å². The molecule has 0 saturated carbocycles. The number of halogens is 1. The first kappa shape index (κ1) is 13.9. The Morgan fingerprint density at radius 2 is 1.63 bits per heavy atom. The highest BCUT2D eigenvalue weighted by Gasteiger charge is 2.05. The van der Waals surface area contributed by atoms with Crippen LogP contribution in [0.5, 0.6) is 0 Å². The maximum atomic E-state index is 12.1. The third-order valence-corrected chi connectivity index (χ3v) is 4.24. The molecule has 0 fully saturated rings. The van der Waals surface area contributed by atoms with E-state index in [2.05, 4.69) is 4.72 Å². The fourth-order valence-corrected chi connectivity index (χ4v) is 2.87. The van der Waals surface area contributed by atoms with Gasteiger partial charge in [0, 0.05) is 5.02 Å². The zero-order valence-corrected chi connectivity index (χ0v) is 12.2. The minimum absolute atomic E-state index is 0.136.